The van der Waals surface area contributed by atoms with E-state index in [2.05, 4.69) is 15.5 Å². The van der Waals surface area contributed by atoms with Crippen LogP contribution < -0.4 is 11.1 Å². The zero-order valence-electron chi connectivity index (χ0n) is 9.70. The number of hydrogen-bond acceptors (Lipinski definition) is 5. The Morgan fingerprint density at radius 1 is 1.50 bits per heavy atom. The molecule has 96 valence electrons. The van der Waals surface area contributed by atoms with E-state index in [1.807, 2.05) is 0 Å². The van der Waals surface area contributed by atoms with E-state index < -0.39 is 5.82 Å². The van der Waals surface area contributed by atoms with Gasteiger partial charge in [0.25, 0.3) is 0 Å². The summed E-state index contributed by atoms with van der Waals surface area (Å²) in [4.78, 5) is 4.06. The lowest BCUT2D eigenvalue weighted by molar-refractivity contribution is 0.387. The molecule has 0 radical (unpaired) electrons. The van der Waals surface area contributed by atoms with Gasteiger partial charge in [-0.3, -0.25) is 0 Å². The number of aryl methyl sites for hydroxylation is 1. The maximum atomic E-state index is 13.1. The topological polar surface area (TPSA) is 77.0 Å². The lowest BCUT2D eigenvalue weighted by Gasteiger charge is -2.09. The van der Waals surface area contributed by atoms with Gasteiger partial charge in [-0.15, -0.1) is 0 Å². The van der Waals surface area contributed by atoms with E-state index in [0.717, 1.165) is 0 Å². The van der Waals surface area contributed by atoms with Crippen molar-refractivity contribution in [3.05, 3.63) is 34.7 Å². The molecule has 0 spiro atoms. The summed E-state index contributed by atoms with van der Waals surface area (Å²) < 4.78 is 17.9. The van der Waals surface area contributed by atoms with Crippen LogP contribution in [0, 0.1) is 12.7 Å². The van der Waals surface area contributed by atoms with Crippen molar-refractivity contribution in [3.8, 4) is 0 Å². The van der Waals surface area contributed by atoms with Gasteiger partial charge in [-0.2, -0.15) is 4.98 Å². The number of aromatic nitrogens is 2. The Bertz CT molecular complexity index is 558. The Kier molecular flexibility index (Phi) is 3.66. The van der Waals surface area contributed by atoms with Crippen LogP contribution in [0.25, 0.3) is 0 Å². The monoisotopic (exact) mass is 270 g/mol. The largest absolute Gasteiger partial charge is 0.397 e. The third kappa shape index (κ3) is 2.89. The highest BCUT2D eigenvalue weighted by atomic mass is 35.5. The lowest BCUT2D eigenvalue weighted by atomic mass is 10.2. The Morgan fingerprint density at radius 2 is 2.28 bits per heavy atom. The van der Waals surface area contributed by atoms with Gasteiger partial charge in [0.05, 0.1) is 16.4 Å². The second kappa shape index (κ2) is 5.22. The molecule has 0 fully saturated rings. The second-order valence-corrected chi connectivity index (χ2v) is 4.17. The minimum Gasteiger partial charge on any atom is -0.397 e. The SMILES string of the molecule is Cc1nc(CCNc2cc(Cl)c(F)cc2N)no1. The molecule has 0 unspecified atom stereocenters. The molecule has 2 aromatic rings. The Labute approximate surface area is 108 Å². The summed E-state index contributed by atoms with van der Waals surface area (Å²) in [6, 6.07) is 2.64. The molecule has 0 atom stereocenters. The molecule has 0 aliphatic heterocycles. The molecule has 1 aromatic carbocycles. The van der Waals surface area contributed by atoms with Crippen molar-refractivity contribution in [2.45, 2.75) is 13.3 Å². The summed E-state index contributed by atoms with van der Waals surface area (Å²) in [5.74, 6) is 0.592. The highest BCUT2D eigenvalue weighted by molar-refractivity contribution is 6.31. The first kappa shape index (κ1) is 12.6. The second-order valence-electron chi connectivity index (χ2n) is 3.76. The van der Waals surface area contributed by atoms with Crippen molar-refractivity contribution in [1.29, 1.82) is 0 Å². The van der Waals surface area contributed by atoms with E-state index in [1.165, 1.54) is 12.1 Å². The fourth-order valence-corrected chi connectivity index (χ4v) is 1.63. The smallest absolute Gasteiger partial charge is 0.223 e. The van der Waals surface area contributed by atoms with Gasteiger partial charge in [-0.05, 0) is 6.07 Å². The molecule has 5 nitrogen and oxygen atoms in total. The molecular formula is C11H12ClFN4O. The zero-order valence-corrected chi connectivity index (χ0v) is 10.5. The maximum Gasteiger partial charge on any atom is 0.223 e. The lowest BCUT2D eigenvalue weighted by Crippen LogP contribution is -2.08. The first-order valence-electron chi connectivity index (χ1n) is 5.34. The van der Waals surface area contributed by atoms with Crippen LogP contribution in [0.5, 0.6) is 0 Å². The van der Waals surface area contributed by atoms with Gasteiger partial charge in [-0.1, -0.05) is 16.8 Å². The fraction of sp³-hybridized carbons (Fsp3) is 0.273. The molecular weight excluding hydrogens is 259 g/mol. The van der Waals surface area contributed by atoms with Crippen LogP contribution in [0.3, 0.4) is 0 Å². The van der Waals surface area contributed by atoms with Crippen molar-refractivity contribution in [1.82, 2.24) is 10.1 Å². The third-order valence-electron chi connectivity index (χ3n) is 2.33. The number of hydrogen-bond donors (Lipinski definition) is 2. The first-order valence-corrected chi connectivity index (χ1v) is 5.71. The number of nitrogens with one attached hydrogen (secondary N) is 1. The highest BCUT2D eigenvalue weighted by Crippen LogP contribution is 2.26. The molecule has 18 heavy (non-hydrogen) atoms. The van der Waals surface area contributed by atoms with Gasteiger partial charge in [0.2, 0.25) is 5.89 Å². The minimum absolute atomic E-state index is 0.0297. The number of halogens is 2. The molecule has 0 aliphatic rings. The van der Waals surface area contributed by atoms with Crippen LogP contribution in [0.15, 0.2) is 16.7 Å². The van der Waals surface area contributed by atoms with Crippen LogP contribution in [0.1, 0.15) is 11.7 Å². The van der Waals surface area contributed by atoms with Crippen molar-refractivity contribution < 1.29 is 8.91 Å². The predicted molar refractivity (Wildman–Crippen MR) is 67.1 cm³/mol. The van der Waals surface area contributed by atoms with Gasteiger partial charge in [-0.25, -0.2) is 4.39 Å². The van der Waals surface area contributed by atoms with Crippen molar-refractivity contribution in [2.24, 2.45) is 0 Å². The van der Waals surface area contributed by atoms with Crippen molar-refractivity contribution in [2.75, 3.05) is 17.6 Å². The molecule has 0 bridgehead atoms. The molecule has 7 heteroatoms. The molecule has 0 saturated heterocycles. The average molecular weight is 271 g/mol. The van der Waals surface area contributed by atoms with Crippen LogP contribution in [-0.4, -0.2) is 16.7 Å². The fourth-order valence-electron chi connectivity index (χ4n) is 1.47. The van der Waals surface area contributed by atoms with Gasteiger partial charge in [0.1, 0.15) is 5.82 Å². The zero-order chi connectivity index (χ0) is 13.1. The normalized spacial score (nSPS) is 10.6. The molecule has 3 N–H and O–H groups in total. The van der Waals surface area contributed by atoms with Crippen LogP contribution in [-0.2, 0) is 6.42 Å². The molecule has 0 saturated carbocycles. The van der Waals surface area contributed by atoms with Crippen molar-refractivity contribution >= 4 is 23.0 Å². The molecule has 0 amide bonds. The van der Waals surface area contributed by atoms with Gasteiger partial charge >= 0.3 is 0 Å². The molecule has 2 rings (SSSR count). The van der Waals surface area contributed by atoms with Gasteiger partial charge in [0.15, 0.2) is 5.82 Å². The summed E-state index contributed by atoms with van der Waals surface area (Å²) in [7, 11) is 0. The Balaban J connectivity index is 1.96. The number of nitrogens with two attached hydrogens (primary N) is 1. The highest BCUT2D eigenvalue weighted by Gasteiger charge is 2.07. The number of nitrogen functional groups attached to an aromatic ring is 1. The third-order valence-corrected chi connectivity index (χ3v) is 2.62. The Hall–Kier alpha value is -1.82. The average Bonchev–Trinajstić information content (AvgIpc) is 2.71. The summed E-state index contributed by atoms with van der Waals surface area (Å²) >= 11 is 5.67. The maximum absolute atomic E-state index is 13.1. The molecule has 1 heterocycles. The van der Waals surface area contributed by atoms with Crippen LogP contribution >= 0.6 is 11.6 Å². The summed E-state index contributed by atoms with van der Waals surface area (Å²) in [6.45, 7) is 2.27. The minimum atomic E-state index is -0.534. The summed E-state index contributed by atoms with van der Waals surface area (Å²) in [5.41, 5.74) is 6.55. The standard InChI is InChI=1S/C11H12ClFN4O/c1-6-16-11(17-18-6)2-3-15-10-4-7(12)8(13)5-9(10)14/h4-5,15H,2-3,14H2,1H3. The van der Waals surface area contributed by atoms with Crippen molar-refractivity contribution in [3.63, 3.8) is 0 Å². The van der Waals surface area contributed by atoms with Crippen LogP contribution in [0.2, 0.25) is 5.02 Å². The Morgan fingerprint density at radius 3 is 2.94 bits per heavy atom. The van der Waals surface area contributed by atoms with Gasteiger partial charge < -0.3 is 15.6 Å². The van der Waals surface area contributed by atoms with E-state index >= 15 is 0 Å². The number of anilines is 2. The van der Waals surface area contributed by atoms with E-state index in [1.54, 1.807) is 6.92 Å². The summed E-state index contributed by atoms with van der Waals surface area (Å²) in [5, 5.41) is 6.83. The summed E-state index contributed by atoms with van der Waals surface area (Å²) in [6.07, 6.45) is 0.575. The van der Waals surface area contributed by atoms with Gasteiger partial charge in [0, 0.05) is 26.0 Å². The number of nitrogens with zero attached hydrogens (tertiary/aromatic N) is 2. The predicted octanol–water partition coefficient (Wildman–Crippen LogP) is 2.41. The van der Waals surface area contributed by atoms with E-state index in [-0.39, 0.29) is 5.02 Å². The van der Waals surface area contributed by atoms with E-state index in [0.29, 0.717) is 36.1 Å². The van der Waals surface area contributed by atoms with E-state index in [4.69, 9.17) is 21.9 Å². The first-order chi connectivity index (χ1) is 8.56. The van der Waals surface area contributed by atoms with Crippen LogP contribution in [0.4, 0.5) is 15.8 Å². The molecule has 0 aliphatic carbocycles. The number of benzene rings is 1. The number of rotatable bonds is 4. The molecule has 1 aromatic heterocycles. The quantitative estimate of drug-likeness (QED) is 0.834. The van der Waals surface area contributed by atoms with E-state index in [9.17, 15) is 4.39 Å².